The molecule has 0 saturated heterocycles. The maximum atomic E-state index is 5.69. The van der Waals surface area contributed by atoms with Gasteiger partial charge in [0.2, 0.25) is 0 Å². The van der Waals surface area contributed by atoms with E-state index in [1.807, 2.05) is 18.4 Å². The minimum absolute atomic E-state index is 0.196. The fourth-order valence-electron chi connectivity index (χ4n) is 0.726. The molecule has 56 valence electrons. The average molecular weight is 156 g/mol. The van der Waals surface area contributed by atoms with Crippen molar-refractivity contribution in [2.24, 2.45) is 5.73 Å². The van der Waals surface area contributed by atoms with E-state index in [4.69, 9.17) is 5.73 Å². The van der Waals surface area contributed by atoms with Crippen molar-refractivity contribution in [1.29, 1.82) is 0 Å². The lowest BCUT2D eigenvalue weighted by Gasteiger charge is -2.11. The number of nitrogens with two attached hydrogens (primary N) is 1. The van der Waals surface area contributed by atoms with Crippen LogP contribution in [0.2, 0.25) is 0 Å². The first kappa shape index (κ1) is 7.69. The van der Waals surface area contributed by atoms with Crippen LogP contribution in [-0.2, 0) is 0 Å². The van der Waals surface area contributed by atoms with Crippen molar-refractivity contribution < 1.29 is 0 Å². The van der Waals surface area contributed by atoms with E-state index in [0.717, 1.165) is 5.69 Å². The van der Waals surface area contributed by atoms with E-state index in [1.165, 1.54) is 11.5 Å². The monoisotopic (exact) mass is 156 g/mol. The van der Waals surface area contributed by atoms with Crippen LogP contribution in [0.15, 0.2) is 11.4 Å². The van der Waals surface area contributed by atoms with Gasteiger partial charge in [-0.15, -0.1) is 0 Å². The summed E-state index contributed by atoms with van der Waals surface area (Å²) in [6.45, 7) is 4.10. The quantitative estimate of drug-likeness (QED) is 0.706. The Balaban J connectivity index is 2.68. The zero-order chi connectivity index (χ0) is 7.56. The Bertz CT molecular complexity index is 181. The second-order valence-electron chi connectivity index (χ2n) is 2.57. The highest BCUT2D eigenvalue weighted by Gasteiger charge is 2.10. The van der Waals surface area contributed by atoms with Crippen LogP contribution in [0.5, 0.6) is 0 Å². The van der Waals surface area contributed by atoms with E-state index in [1.54, 1.807) is 0 Å². The topological polar surface area (TPSA) is 38.9 Å². The smallest absolute Gasteiger partial charge is 0.0585 e. The maximum Gasteiger partial charge on any atom is 0.0585 e. The highest BCUT2D eigenvalue weighted by atomic mass is 32.1. The van der Waals surface area contributed by atoms with Gasteiger partial charge in [-0.25, -0.2) is 0 Å². The van der Waals surface area contributed by atoms with Gasteiger partial charge in [0.05, 0.1) is 5.69 Å². The highest BCUT2D eigenvalue weighted by molar-refractivity contribution is 7.03. The number of hydrogen-bond acceptors (Lipinski definition) is 3. The Kier molecular flexibility index (Phi) is 2.40. The number of hydrogen-bond donors (Lipinski definition) is 1. The van der Waals surface area contributed by atoms with Crippen LogP contribution in [0.4, 0.5) is 0 Å². The van der Waals surface area contributed by atoms with Crippen LogP contribution in [0, 0.1) is 0 Å². The Morgan fingerprint density at radius 1 is 1.60 bits per heavy atom. The lowest BCUT2D eigenvalue weighted by Crippen LogP contribution is -2.22. The highest BCUT2D eigenvalue weighted by Crippen LogP contribution is 2.16. The Morgan fingerprint density at radius 3 is 2.70 bits per heavy atom. The van der Waals surface area contributed by atoms with E-state index in [0.29, 0.717) is 5.92 Å². The van der Waals surface area contributed by atoms with Crippen LogP contribution in [0.3, 0.4) is 0 Å². The van der Waals surface area contributed by atoms with Gasteiger partial charge >= 0.3 is 0 Å². The molecule has 2 unspecified atom stereocenters. The second kappa shape index (κ2) is 3.12. The molecule has 0 spiro atoms. The van der Waals surface area contributed by atoms with Crippen molar-refractivity contribution in [3.63, 3.8) is 0 Å². The first-order valence-electron chi connectivity index (χ1n) is 3.37. The Hall–Kier alpha value is -0.410. The van der Waals surface area contributed by atoms with Crippen molar-refractivity contribution in [3.05, 3.63) is 17.1 Å². The van der Waals surface area contributed by atoms with Crippen molar-refractivity contribution in [3.8, 4) is 0 Å². The summed E-state index contributed by atoms with van der Waals surface area (Å²) in [7, 11) is 0. The third kappa shape index (κ3) is 1.55. The molecule has 0 radical (unpaired) electrons. The van der Waals surface area contributed by atoms with Crippen molar-refractivity contribution >= 4 is 11.5 Å². The molecule has 0 aliphatic rings. The molecular formula is C7H12N2S. The molecule has 0 saturated carbocycles. The van der Waals surface area contributed by atoms with E-state index in [-0.39, 0.29) is 6.04 Å². The molecular weight excluding hydrogens is 144 g/mol. The molecule has 0 bridgehead atoms. The molecule has 3 heteroatoms. The van der Waals surface area contributed by atoms with E-state index >= 15 is 0 Å². The first-order valence-corrected chi connectivity index (χ1v) is 4.21. The molecule has 1 aromatic heterocycles. The Morgan fingerprint density at radius 2 is 2.30 bits per heavy atom. The van der Waals surface area contributed by atoms with Crippen LogP contribution >= 0.6 is 11.5 Å². The molecule has 1 rings (SSSR count). The molecule has 1 heterocycles. The average Bonchev–Trinajstić information content (AvgIpc) is 2.36. The van der Waals surface area contributed by atoms with Gasteiger partial charge in [0, 0.05) is 17.3 Å². The first-order chi connectivity index (χ1) is 4.72. The third-order valence-corrected chi connectivity index (χ3v) is 2.29. The molecule has 0 fully saturated rings. The van der Waals surface area contributed by atoms with E-state index < -0.39 is 0 Å². The SMILES string of the molecule is CC(N)C(C)c1ccsn1. The summed E-state index contributed by atoms with van der Waals surface area (Å²) in [5.74, 6) is 0.381. The lowest BCUT2D eigenvalue weighted by atomic mass is 10.0. The number of aromatic nitrogens is 1. The number of rotatable bonds is 2. The van der Waals surface area contributed by atoms with Crippen LogP contribution in [0.25, 0.3) is 0 Å². The molecule has 0 aliphatic carbocycles. The van der Waals surface area contributed by atoms with Crippen molar-refractivity contribution in [2.75, 3.05) is 0 Å². The zero-order valence-electron chi connectivity index (χ0n) is 6.24. The van der Waals surface area contributed by atoms with Crippen LogP contribution in [-0.4, -0.2) is 10.4 Å². The van der Waals surface area contributed by atoms with Gasteiger partial charge in [0.15, 0.2) is 0 Å². The minimum atomic E-state index is 0.196. The van der Waals surface area contributed by atoms with Crippen LogP contribution in [0.1, 0.15) is 25.5 Å². The van der Waals surface area contributed by atoms with Gasteiger partial charge in [-0.05, 0) is 24.5 Å². The molecule has 2 N–H and O–H groups in total. The fourth-order valence-corrected chi connectivity index (χ4v) is 1.34. The lowest BCUT2D eigenvalue weighted by molar-refractivity contribution is 0.603. The van der Waals surface area contributed by atoms with Gasteiger partial charge in [-0.3, -0.25) is 0 Å². The van der Waals surface area contributed by atoms with Gasteiger partial charge in [-0.2, -0.15) is 4.37 Å². The third-order valence-electron chi connectivity index (χ3n) is 1.71. The summed E-state index contributed by atoms with van der Waals surface area (Å²) in [5.41, 5.74) is 6.80. The summed E-state index contributed by atoms with van der Waals surface area (Å²) in [5, 5.41) is 1.98. The summed E-state index contributed by atoms with van der Waals surface area (Å²) >= 11 is 1.48. The molecule has 0 aliphatic heterocycles. The van der Waals surface area contributed by atoms with Crippen LogP contribution < -0.4 is 5.73 Å². The fraction of sp³-hybridized carbons (Fsp3) is 0.571. The standard InChI is InChI=1S/C7H12N2S/c1-5(6(2)8)7-3-4-10-9-7/h3-6H,8H2,1-2H3. The van der Waals surface area contributed by atoms with Crippen molar-refractivity contribution in [2.45, 2.75) is 25.8 Å². The summed E-state index contributed by atoms with van der Waals surface area (Å²) in [4.78, 5) is 0. The van der Waals surface area contributed by atoms with E-state index in [2.05, 4.69) is 11.3 Å². The normalized spacial score (nSPS) is 16.7. The molecule has 10 heavy (non-hydrogen) atoms. The molecule has 2 atom stereocenters. The Labute approximate surface area is 65.2 Å². The number of nitrogens with zero attached hydrogens (tertiary/aromatic N) is 1. The predicted molar refractivity (Wildman–Crippen MR) is 44.2 cm³/mol. The molecule has 0 amide bonds. The summed E-state index contributed by atoms with van der Waals surface area (Å²) in [6, 6.07) is 2.22. The summed E-state index contributed by atoms with van der Waals surface area (Å²) in [6.07, 6.45) is 0. The summed E-state index contributed by atoms with van der Waals surface area (Å²) < 4.78 is 4.20. The molecule has 2 nitrogen and oxygen atoms in total. The van der Waals surface area contributed by atoms with Gasteiger partial charge in [0.1, 0.15) is 0 Å². The largest absolute Gasteiger partial charge is 0.327 e. The zero-order valence-corrected chi connectivity index (χ0v) is 7.06. The van der Waals surface area contributed by atoms with Gasteiger partial charge in [0.25, 0.3) is 0 Å². The van der Waals surface area contributed by atoms with Crippen molar-refractivity contribution in [1.82, 2.24) is 4.37 Å². The van der Waals surface area contributed by atoms with Gasteiger partial charge in [-0.1, -0.05) is 6.92 Å². The molecule has 1 aromatic rings. The molecule has 0 aromatic carbocycles. The predicted octanol–water partition coefficient (Wildman–Crippen LogP) is 1.59. The maximum absolute atomic E-state index is 5.69. The van der Waals surface area contributed by atoms with Gasteiger partial charge < -0.3 is 5.73 Å². The van der Waals surface area contributed by atoms with E-state index in [9.17, 15) is 0 Å². The minimum Gasteiger partial charge on any atom is -0.327 e. The second-order valence-corrected chi connectivity index (χ2v) is 3.24.